The molecule has 0 spiro atoms. The molecule has 0 aromatic heterocycles. The smallest absolute Gasteiger partial charge is 0.0622 e. The third-order valence-corrected chi connectivity index (χ3v) is 7.66. The minimum Gasteiger partial charge on any atom is -0.0622 e. The predicted molar refractivity (Wildman–Crippen MR) is 173 cm³/mol. The lowest BCUT2D eigenvalue weighted by Crippen LogP contribution is -1.92. The van der Waals surface area contributed by atoms with Crippen molar-refractivity contribution < 1.29 is 9.60 Å². The van der Waals surface area contributed by atoms with Crippen molar-refractivity contribution in [2.45, 2.75) is 0 Å². The van der Waals surface area contributed by atoms with Gasteiger partial charge in [0.25, 0.3) is 0 Å². The van der Waals surface area contributed by atoms with Gasteiger partial charge in [0.05, 0.1) is 9.60 Å². The van der Waals surface area contributed by atoms with Crippen LogP contribution < -0.4 is 0 Å². The van der Waals surface area contributed by atoms with Crippen molar-refractivity contribution in [1.82, 2.24) is 0 Å². The highest BCUT2D eigenvalue weighted by Gasteiger charge is 2.19. The van der Waals surface area contributed by atoms with E-state index < -0.39 is 0 Å². The number of fused-ring (bicyclic) bond motifs is 4. The Balaban J connectivity index is 1.72. The van der Waals surface area contributed by atoms with Gasteiger partial charge in [-0.2, -0.15) is 0 Å². The van der Waals surface area contributed by atoms with E-state index in [9.17, 15) is 6.85 Å². The van der Waals surface area contributed by atoms with Crippen LogP contribution in [0.15, 0.2) is 158 Å². The first kappa shape index (κ1) is 16.7. The Morgan fingerprint density at radius 1 is 0.375 bits per heavy atom. The van der Waals surface area contributed by atoms with Gasteiger partial charge in [0.1, 0.15) is 0 Å². The van der Waals surface area contributed by atoms with E-state index in [1.807, 2.05) is 115 Å². The molecule has 0 atom stereocenters. The minimum absolute atomic E-state index is 0.0338. The summed E-state index contributed by atoms with van der Waals surface area (Å²) in [6.07, 6.45) is 0. The van der Waals surface area contributed by atoms with E-state index in [-0.39, 0.29) is 53.1 Å². The molecule has 0 aliphatic rings. The first-order chi connectivity index (χ1) is 22.8. The van der Waals surface area contributed by atoms with Gasteiger partial charge in [-0.3, -0.25) is 0 Å². The number of hydrogen-bond acceptors (Lipinski definition) is 0. The maximum atomic E-state index is 9.80. The zero-order valence-corrected chi connectivity index (χ0v) is 21.5. The number of benzene rings is 8. The molecule has 0 fully saturated rings. The fourth-order valence-corrected chi connectivity index (χ4v) is 5.81. The van der Waals surface area contributed by atoms with Crippen LogP contribution in [0.3, 0.4) is 0 Å². The molecule has 0 aliphatic heterocycles. The van der Waals surface area contributed by atoms with Crippen molar-refractivity contribution in [3.05, 3.63) is 158 Å². The third-order valence-electron chi connectivity index (χ3n) is 7.66. The van der Waals surface area contributed by atoms with Crippen LogP contribution in [-0.4, -0.2) is 0 Å². The van der Waals surface area contributed by atoms with Crippen LogP contribution in [0.1, 0.15) is 9.60 Å². The molecule has 0 saturated heterocycles. The highest BCUT2D eigenvalue weighted by atomic mass is 14.2. The van der Waals surface area contributed by atoms with Gasteiger partial charge in [0, 0.05) is 0 Å². The van der Waals surface area contributed by atoms with E-state index in [4.69, 9.17) is 2.74 Å². The molecule has 0 amide bonds. The molecule has 0 bridgehead atoms. The monoisotopic (exact) mass is 513 g/mol. The van der Waals surface area contributed by atoms with Crippen molar-refractivity contribution in [3.8, 4) is 33.4 Å². The molecular formula is C40H26. The van der Waals surface area contributed by atoms with E-state index in [0.29, 0.717) is 44.2 Å². The van der Waals surface area contributed by atoms with Crippen LogP contribution in [0, 0.1) is 0 Å². The van der Waals surface area contributed by atoms with Crippen molar-refractivity contribution in [1.29, 1.82) is 0 Å². The van der Waals surface area contributed by atoms with Crippen LogP contribution in [0.2, 0.25) is 0 Å². The molecule has 0 nitrogen and oxygen atoms in total. The lowest BCUT2D eigenvalue weighted by atomic mass is 9.83. The van der Waals surface area contributed by atoms with Gasteiger partial charge >= 0.3 is 0 Å². The Bertz CT molecular complexity index is 2590. The molecule has 40 heavy (non-hydrogen) atoms. The van der Waals surface area contributed by atoms with Gasteiger partial charge in [-0.15, -0.1) is 0 Å². The zero-order valence-electron chi connectivity index (χ0n) is 28.5. The molecule has 0 N–H and O–H groups in total. The van der Waals surface area contributed by atoms with E-state index in [0.717, 1.165) is 21.5 Å². The maximum absolute atomic E-state index is 9.80. The number of hydrogen-bond donors (Lipinski definition) is 0. The van der Waals surface area contributed by atoms with Gasteiger partial charge in [-0.25, -0.2) is 0 Å². The van der Waals surface area contributed by atoms with Gasteiger partial charge < -0.3 is 0 Å². The minimum atomic E-state index is -0.377. The lowest BCUT2D eigenvalue weighted by molar-refractivity contribution is 1.64. The highest BCUT2D eigenvalue weighted by Crippen LogP contribution is 2.46. The van der Waals surface area contributed by atoms with Gasteiger partial charge in [-0.1, -0.05) is 145 Å². The van der Waals surface area contributed by atoms with E-state index in [2.05, 4.69) is 0 Å². The van der Waals surface area contributed by atoms with E-state index in [1.165, 1.54) is 0 Å². The molecule has 8 aromatic rings. The Kier molecular flexibility index (Phi) is 3.85. The van der Waals surface area contributed by atoms with Crippen molar-refractivity contribution in [3.63, 3.8) is 0 Å². The summed E-state index contributed by atoms with van der Waals surface area (Å²) in [6.45, 7) is 0. The second kappa shape index (κ2) is 9.22. The molecule has 0 saturated carbocycles. The third kappa shape index (κ3) is 3.61. The summed E-state index contributed by atoms with van der Waals surface area (Å²) in [5.74, 6) is 0. The predicted octanol–water partition coefficient (Wildman–Crippen LogP) is 11.3. The quantitative estimate of drug-likeness (QED) is 0.206. The summed E-state index contributed by atoms with van der Waals surface area (Å²) in [5.41, 5.74) is 3.14. The van der Waals surface area contributed by atoms with Gasteiger partial charge in [-0.05, 0) is 88.6 Å². The Labute approximate surface area is 243 Å². The fourth-order valence-electron chi connectivity index (χ4n) is 5.81. The van der Waals surface area contributed by atoms with Gasteiger partial charge in [0.2, 0.25) is 0 Å². The summed E-state index contributed by atoms with van der Waals surface area (Å²) in [6, 6.07) is 35.1. The van der Waals surface area contributed by atoms with Crippen molar-refractivity contribution >= 4 is 43.1 Å². The highest BCUT2D eigenvalue weighted by molar-refractivity contribution is 6.24. The largest absolute Gasteiger partial charge is 0.0636 e. The van der Waals surface area contributed by atoms with Crippen LogP contribution >= 0.6 is 0 Å². The van der Waals surface area contributed by atoms with Crippen LogP contribution in [0.4, 0.5) is 0 Å². The molecule has 0 heteroatoms. The second-order valence-corrected chi connectivity index (χ2v) is 9.95. The Morgan fingerprint density at radius 3 is 1.90 bits per heavy atom. The first-order valence-corrected chi connectivity index (χ1v) is 13.3. The molecule has 0 heterocycles. The molecule has 8 rings (SSSR count). The SMILES string of the molecule is [2H]c1c([2H])c([2H])c2c(-c3cccc4ccccc34)c3c([2H])c(-c4ccccc4)c([2H])c([2H])c3c(-c3ccc4ccccc4c3)c2c1[2H]. The van der Waals surface area contributed by atoms with Crippen LogP contribution in [0.25, 0.3) is 76.5 Å². The Hall–Kier alpha value is -5.20. The fraction of sp³-hybridized carbons (Fsp3) is 0. The lowest BCUT2D eigenvalue weighted by Gasteiger charge is -2.20. The first-order valence-electron chi connectivity index (χ1n) is 16.8. The molecule has 0 radical (unpaired) electrons. The topological polar surface area (TPSA) is 0 Å². The normalized spacial score (nSPS) is 13.9. The van der Waals surface area contributed by atoms with Crippen LogP contribution in [-0.2, 0) is 0 Å². The average Bonchev–Trinajstić information content (AvgIpc) is 3.11. The van der Waals surface area contributed by atoms with E-state index >= 15 is 0 Å². The Morgan fingerprint density at radius 2 is 1.05 bits per heavy atom. The zero-order chi connectivity index (χ0) is 32.6. The maximum Gasteiger partial charge on any atom is 0.0636 e. The molecular weight excluding hydrogens is 480 g/mol. The summed E-state index contributed by atoms with van der Waals surface area (Å²) in [7, 11) is 0. The molecule has 186 valence electrons. The average molecular weight is 514 g/mol. The summed E-state index contributed by atoms with van der Waals surface area (Å²) in [5, 5.41) is 4.95. The van der Waals surface area contributed by atoms with Crippen LogP contribution in [0.5, 0.6) is 0 Å². The second-order valence-electron chi connectivity index (χ2n) is 9.95. The van der Waals surface area contributed by atoms with Crippen molar-refractivity contribution in [2.75, 3.05) is 0 Å². The summed E-state index contributed by atoms with van der Waals surface area (Å²) < 4.78 is 64.8. The molecule has 8 aromatic carbocycles. The standard InChI is InChI=1S/C40H26/c1-2-11-27(12-3-1)31-23-24-37-38(26-31)40(34-20-10-16-29-14-6-7-17-33(29)34)36-19-9-8-18-35(36)39(37)32-22-21-28-13-4-5-15-30(28)25-32/h1-26H/i8D,9D,18D,19D,23D,24D,26D. The van der Waals surface area contributed by atoms with Gasteiger partial charge in [0.15, 0.2) is 0 Å². The summed E-state index contributed by atoms with van der Waals surface area (Å²) >= 11 is 0. The molecule has 0 unspecified atom stereocenters. The van der Waals surface area contributed by atoms with Crippen molar-refractivity contribution in [2.24, 2.45) is 0 Å². The number of rotatable bonds is 3. The molecule has 0 aliphatic carbocycles. The summed E-state index contributed by atoms with van der Waals surface area (Å²) in [4.78, 5) is 0. The van der Waals surface area contributed by atoms with E-state index in [1.54, 1.807) is 0 Å².